The Morgan fingerprint density at radius 3 is 2.59 bits per heavy atom. The Balaban J connectivity index is 1.76. The molecule has 1 amide bonds. The van der Waals surface area contributed by atoms with Crippen LogP contribution in [0.4, 0.5) is 5.69 Å². The topological polar surface area (TPSA) is 82.3 Å². The summed E-state index contributed by atoms with van der Waals surface area (Å²) in [5.41, 5.74) is 1.52. The van der Waals surface area contributed by atoms with Crippen molar-refractivity contribution in [2.24, 2.45) is 0 Å². The number of benzene rings is 1. The summed E-state index contributed by atoms with van der Waals surface area (Å²) in [6.45, 7) is 4.58. The summed E-state index contributed by atoms with van der Waals surface area (Å²) in [5.74, 6) is -0.689. The van der Waals surface area contributed by atoms with Crippen molar-refractivity contribution in [3.63, 3.8) is 0 Å². The van der Waals surface area contributed by atoms with E-state index < -0.39 is 5.97 Å². The van der Waals surface area contributed by atoms with Crippen LogP contribution in [0, 0.1) is 0 Å². The number of fused-ring (bicyclic) bond motifs is 1. The number of aromatic nitrogens is 2. The molecule has 0 saturated heterocycles. The Bertz CT molecular complexity index is 1050. The lowest BCUT2D eigenvalue weighted by molar-refractivity contribution is -0.116. The number of aryl methyl sites for hydroxylation is 1. The molecule has 1 aromatic carbocycles. The molecular formula is C20H21N3O4. The highest BCUT2D eigenvalue weighted by Crippen LogP contribution is 2.14. The average molecular weight is 367 g/mol. The Kier molecular flexibility index (Phi) is 5.40. The number of esters is 1. The van der Waals surface area contributed by atoms with Crippen molar-refractivity contribution in [3.8, 4) is 0 Å². The van der Waals surface area contributed by atoms with E-state index in [2.05, 4.69) is 5.32 Å². The number of amides is 1. The Morgan fingerprint density at radius 1 is 1.07 bits per heavy atom. The first-order valence-corrected chi connectivity index (χ1v) is 8.78. The fourth-order valence-electron chi connectivity index (χ4n) is 2.91. The van der Waals surface area contributed by atoms with Crippen LogP contribution in [0.15, 0.2) is 53.6 Å². The van der Waals surface area contributed by atoms with Crippen molar-refractivity contribution in [3.05, 3.63) is 64.7 Å². The van der Waals surface area contributed by atoms with Gasteiger partial charge >= 0.3 is 5.97 Å². The van der Waals surface area contributed by atoms with E-state index in [0.717, 1.165) is 0 Å². The highest BCUT2D eigenvalue weighted by Gasteiger charge is 2.11. The molecule has 1 N–H and O–H groups in total. The van der Waals surface area contributed by atoms with E-state index in [4.69, 9.17) is 4.74 Å². The first kappa shape index (κ1) is 18.4. The van der Waals surface area contributed by atoms with Gasteiger partial charge in [0.15, 0.2) is 0 Å². The van der Waals surface area contributed by atoms with Crippen molar-refractivity contribution >= 4 is 28.5 Å². The van der Waals surface area contributed by atoms with Crippen LogP contribution < -0.4 is 10.9 Å². The van der Waals surface area contributed by atoms with Crippen LogP contribution in [0.5, 0.6) is 0 Å². The maximum atomic E-state index is 12.4. The number of hydrogen-bond donors (Lipinski definition) is 1. The molecular weight excluding hydrogens is 346 g/mol. The molecule has 27 heavy (non-hydrogen) atoms. The smallest absolute Gasteiger partial charge is 0.338 e. The molecule has 2 aromatic heterocycles. The molecule has 2 heterocycles. The second-order valence-corrected chi connectivity index (χ2v) is 6.00. The molecule has 0 atom stereocenters. The quantitative estimate of drug-likeness (QED) is 0.679. The van der Waals surface area contributed by atoms with Crippen LogP contribution in [0.2, 0.25) is 0 Å². The molecule has 3 rings (SSSR count). The van der Waals surface area contributed by atoms with Crippen LogP contribution in [0.3, 0.4) is 0 Å². The lowest BCUT2D eigenvalue weighted by atomic mass is 10.2. The van der Waals surface area contributed by atoms with Gasteiger partial charge in [-0.25, -0.2) is 4.79 Å². The number of pyridine rings is 1. The monoisotopic (exact) mass is 367 g/mol. The van der Waals surface area contributed by atoms with E-state index in [0.29, 0.717) is 28.7 Å². The lowest BCUT2D eigenvalue weighted by Crippen LogP contribution is -2.20. The number of hydrogen-bond acceptors (Lipinski definition) is 4. The molecule has 0 radical (unpaired) electrons. The molecule has 7 nitrogen and oxygen atoms in total. The van der Waals surface area contributed by atoms with Crippen LogP contribution >= 0.6 is 0 Å². The lowest BCUT2D eigenvalue weighted by Gasteiger charge is -2.09. The van der Waals surface area contributed by atoms with Gasteiger partial charge in [0.2, 0.25) is 5.91 Å². The first-order chi connectivity index (χ1) is 13.0. The molecule has 0 aliphatic carbocycles. The number of carbonyl (C=O) groups is 2. The Labute approximate surface area is 156 Å². The highest BCUT2D eigenvalue weighted by atomic mass is 16.5. The van der Waals surface area contributed by atoms with Crippen LogP contribution in [0.25, 0.3) is 10.9 Å². The normalized spacial score (nSPS) is 10.7. The molecule has 7 heteroatoms. The van der Waals surface area contributed by atoms with Gasteiger partial charge in [0, 0.05) is 24.6 Å². The number of ether oxygens (including phenoxy) is 1. The van der Waals surface area contributed by atoms with Gasteiger partial charge in [0.1, 0.15) is 6.54 Å². The van der Waals surface area contributed by atoms with E-state index in [1.54, 1.807) is 58.8 Å². The number of carbonyl (C=O) groups excluding carboxylic acids is 2. The Morgan fingerprint density at radius 2 is 1.85 bits per heavy atom. The molecule has 0 fully saturated rings. The van der Waals surface area contributed by atoms with Crippen molar-refractivity contribution in [1.82, 2.24) is 9.13 Å². The third kappa shape index (κ3) is 3.92. The molecule has 0 unspecified atom stereocenters. The predicted octanol–water partition coefficient (Wildman–Crippen LogP) is 2.64. The zero-order valence-corrected chi connectivity index (χ0v) is 15.3. The second-order valence-electron chi connectivity index (χ2n) is 6.00. The SMILES string of the molecule is CCOC(=O)c1cccc(NC(=O)Cn2ccc3c(=O)n(CC)ccc32)c1. The van der Waals surface area contributed by atoms with E-state index in [9.17, 15) is 14.4 Å². The number of nitrogens with zero attached hydrogens (tertiary/aromatic N) is 2. The maximum absolute atomic E-state index is 12.4. The summed E-state index contributed by atoms with van der Waals surface area (Å²) in [7, 11) is 0. The molecule has 0 aliphatic heterocycles. The minimum absolute atomic E-state index is 0.0582. The van der Waals surface area contributed by atoms with Gasteiger partial charge in [-0.3, -0.25) is 9.59 Å². The molecule has 3 aromatic rings. The van der Waals surface area contributed by atoms with Gasteiger partial charge in [-0.05, 0) is 44.2 Å². The van der Waals surface area contributed by atoms with E-state index in [1.807, 2.05) is 13.0 Å². The summed E-state index contributed by atoms with van der Waals surface area (Å²) in [6.07, 6.45) is 3.45. The summed E-state index contributed by atoms with van der Waals surface area (Å²) < 4.78 is 8.31. The Hall–Kier alpha value is -3.35. The fraction of sp³-hybridized carbons (Fsp3) is 0.250. The first-order valence-electron chi connectivity index (χ1n) is 8.78. The van der Waals surface area contributed by atoms with Crippen LogP contribution in [-0.4, -0.2) is 27.6 Å². The largest absolute Gasteiger partial charge is 0.462 e. The molecule has 0 saturated carbocycles. The fourth-order valence-corrected chi connectivity index (χ4v) is 2.91. The number of nitrogens with one attached hydrogen (secondary N) is 1. The van der Waals surface area contributed by atoms with Crippen molar-refractivity contribution in [2.45, 2.75) is 26.9 Å². The van der Waals surface area contributed by atoms with Gasteiger partial charge in [0.25, 0.3) is 5.56 Å². The molecule has 140 valence electrons. The average Bonchev–Trinajstić information content (AvgIpc) is 3.06. The van der Waals surface area contributed by atoms with Crippen LogP contribution in [0.1, 0.15) is 24.2 Å². The van der Waals surface area contributed by atoms with Crippen LogP contribution in [-0.2, 0) is 22.6 Å². The van der Waals surface area contributed by atoms with E-state index in [-0.39, 0.29) is 24.6 Å². The standard InChI is InChI=1S/C20H21N3O4/c1-3-22-11-9-17-16(19(22)25)8-10-23(17)13-18(24)21-15-7-5-6-14(12-15)20(26)27-4-2/h5-12H,3-4,13H2,1-2H3,(H,21,24). The van der Waals surface area contributed by atoms with Gasteiger partial charge in [-0.2, -0.15) is 0 Å². The molecule has 0 bridgehead atoms. The highest BCUT2D eigenvalue weighted by molar-refractivity contribution is 5.95. The summed E-state index contributed by atoms with van der Waals surface area (Å²) >= 11 is 0. The number of rotatable bonds is 6. The summed E-state index contributed by atoms with van der Waals surface area (Å²) in [4.78, 5) is 36.5. The third-order valence-corrected chi connectivity index (χ3v) is 4.22. The summed E-state index contributed by atoms with van der Waals surface area (Å²) in [6, 6.07) is 10.1. The predicted molar refractivity (Wildman–Crippen MR) is 103 cm³/mol. The zero-order valence-electron chi connectivity index (χ0n) is 15.3. The van der Waals surface area contributed by atoms with Crippen molar-refractivity contribution < 1.29 is 14.3 Å². The summed E-state index contributed by atoms with van der Waals surface area (Å²) in [5, 5.41) is 3.35. The van der Waals surface area contributed by atoms with Gasteiger partial charge in [-0.15, -0.1) is 0 Å². The number of anilines is 1. The van der Waals surface area contributed by atoms with Gasteiger partial charge < -0.3 is 19.2 Å². The van der Waals surface area contributed by atoms with Gasteiger partial charge in [0.05, 0.1) is 23.1 Å². The molecule has 0 spiro atoms. The van der Waals surface area contributed by atoms with E-state index >= 15 is 0 Å². The zero-order chi connectivity index (χ0) is 19.4. The van der Waals surface area contributed by atoms with E-state index in [1.165, 1.54) is 0 Å². The van der Waals surface area contributed by atoms with Gasteiger partial charge in [-0.1, -0.05) is 6.07 Å². The second kappa shape index (κ2) is 7.90. The minimum Gasteiger partial charge on any atom is -0.462 e. The third-order valence-electron chi connectivity index (χ3n) is 4.22. The maximum Gasteiger partial charge on any atom is 0.338 e. The molecule has 0 aliphatic rings. The van der Waals surface area contributed by atoms with Crippen molar-refractivity contribution in [2.75, 3.05) is 11.9 Å². The minimum atomic E-state index is -0.433. The van der Waals surface area contributed by atoms with Crippen molar-refractivity contribution in [1.29, 1.82) is 0 Å².